The van der Waals surface area contributed by atoms with Gasteiger partial charge < -0.3 is 4.74 Å². The molecule has 0 radical (unpaired) electrons. The third-order valence-corrected chi connectivity index (χ3v) is 4.73. The number of ether oxygens (including phenoxy) is 1. The lowest BCUT2D eigenvalue weighted by Crippen LogP contribution is -2.27. The topological polar surface area (TPSA) is 68.3 Å². The lowest BCUT2D eigenvalue weighted by molar-refractivity contribution is 0.414. The second-order valence-corrected chi connectivity index (χ2v) is 6.52. The minimum Gasteiger partial charge on any atom is -0.495 e. The predicted octanol–water partition coefficient (Wildman–Crippen LogP) is 2.78. The van der Waals surface area contributed by atoms with Crippen LogP contribution >= 0.6 is 11.6 Å². The van der Waals surface area contributed by atoms with Gasteiger partial charge in [-0.3, -0.25) is 4.98 Å². The summed E-state index contributed by atoms with van der Waals surface area (Å²) in [5, 5.41) is 0.242. The van der Waals surface area contributed by atoms with Crippen LogP contribution in [-0.2, 0) is 10.0 Å². The molecule has 1 aromatic heterocycles. The van der Waals surface area contributed by atoms with E-state index in [1.807, 2.05) is 0 Å². The van der Waals surface area contributed by atoms with Crippen LogP contribution in [0.5, 0.6) is 5.75 Å². The van der Waals surface area contributed by atoms with E-state index in [1.54, 1.807) is 31.3 Å². The Hall–Kier alpha value is -1.63. The lowest BCUT2D eigenvalue weighted by atomic mass is 10.2. The molecule has 0 amide bonds. The number of nitrogens with zero attached hydrogens (tertiary/aromatic N) is 1. The first-order valence-electron chi connectivity index (χ1n) is 6.21. The molecule has 1 aromatic carbocycles. The molecule has 1 heterocycles. The van der Waals surface area contributed by atoms with Crippen LogP contribution in [0.1, 0.15) is 18.7 Å². The van der Waals surface area contributed by atoms with E-state index in [2.05, 4.69) is 9.71 Å². The summed E-state index contributed by atoms with van der Waals surface area (Å²) in [5.74, 6) is 0.424. The Kier molecular flexibility index (Phi) is 4.82. The van der Waals surface area contributed by atoms with Gasteiger partial charge in [-0.1, -0.05) is 17.7 Å². The summed E-state index contributed by atoms with van der Waals surface area (Å²) in [6.07, 6.45) is 1.62. The van der Waals surface area contributed by atoms with Gasteiger partial charge in [-0.05, 0) is 37.3 Å². The summed E-state index contributed by atoms with van der Waals surface area (Å²) < 4.78 is 32.2. The maximum absolute atomic E-state index is 12.3. The number of methoxy groups -OCH3 is 1. The number of sulfonamides is 1. The first-order chi connectivity index (χ1) is 9.94. The standard InChI is InChI=1S/C14H15ClN2O3S/c1-10(13-5-3-4-8-16-13)17-21(18,19)11-6-7-14(20-2)12(15)9-11/h3-10,17H,1-2H3/t10-/m1/s1. The molecule has 1 N–H and O–H groups in total. The highest BCUT2D eigenvalue weighted by Gasteiger charge is 2.20. The van der Waals surface area contributed by atoms with Gasteiger partial charge >= 0.3 is 0 Å². The lowest BCUT2D eigenvalue weighted by Gasteiger charge is -2.14. The van der Waals surface area contributed by atoms with Gasteiger partial charge in [0, 0.05) is 6.20 Å². The molecule has 2 aromatic rings. The molecule has 0 saturated carbocycles. The van der Waals surface area contributed by atoms with Gasteiger partial charge in [0.05, 0.1) is 28.8 Å². The van der Waals surface area contributed by atoms with Gasteiger partial charge in [0.1, 0.15) is 5.75 Å². The number of hydrogen-bond acceptors (Lipinski definition) is 4. The van der Waals surface area contributed by atoms with Crippen LogP contribution in [0.2, 0.25) is 5.02 Å². The maximum Gasteiger partial charge on any atom is 0.241 e. The predicted molar refractivity (Wildman–Crippen MR) is 81.0 cm³/mol. The van der Waals surface area contributed by atoms with Crippen LogP contribution < -0.4 is 9.46 Å². The summed E-state index contributed by atoms with van der Waals surface area (Å²) in [7, 11) is -2.22. The Morgan fingerprint density at radius 3 is 2.62 bits per heavy atom. The van der Waals surface area contributed by atoms with E-state index in [0.29, 0.717) is 11.4 Å². The number of pyridine rings is 1. The van der Waals surface area contributed by atoms with Crippen molar-refractivity contribution in [2.75, 3.05) is 7.11 Å². The molecule has 2 rings (SSSR count). The highest BCUT2D eigenvalue weighted by atomic mass is 35.5. The van der Waals surface area contributed by atoms with Crippen molar-refractivity contribution in [2.45, 2.75) is 17.9 Å². The fraction of sp³-hybridized carbons (Fsp3) is 0.214. The van der Waals surface area contributed by atoms with Crippen molar-refractivity contribution >= 4 is 21.6 Å². The Morgan fingerprint density at radius 2 is 2.05 bits per heavy atom. The highest BCUT2D eigenvalue weighted by Crippen LogP contribution is 2.27. The third kappa shape index (κ3) is 3.72. The molecule has 0 fully saturated rings. The van der Waals surface area contributed by atoms with Crippen LogP contribution in [0, 0.1) is 0 Å². The third-order valence-electron chi connectivity index (χ3n) is 2.90. The molecule has 0 aliphatic heterocycles. The molecule has 7 heteroatoms. The zero-order chi connectivity index (χ0) is 15.5. The quantitative estimate of drug-likeness (QED) is 0.917. The molecule has 0 aliphatic rings. The molecule has 1 atom stereocenters. The Balaban J connectivity index is 2.24. The van der Waals surface area contributed by atoms with Gasteiger partial charge in [0.25, 0.3) is 0 Å². The highest BCUT2D eigenvalue weighted by molar-refractivity contribution is 7.89. The van der Waals surface area contributed by atoms with Crippen molar-refractivity contribution in [3.63, 3.8) is 0 Å². The Morgan fingerprint density at radius 1 is 1.29 bits per heavy atom. The molecule has 21 heavy (non-hydrogen) atoms. The molecule has 0 bridgehead atoms. The van der Waals surface area contributed by atoms with Crippen molar-refractivity contribution in [2.24, 2.45) is 0 Å². The number of hydrogen-bond donors (Lipinski definition) is 1. The average Bonchev–Trinajstić information content (AvgIpc) is 2.47. The number of aromatic nitrogens is 1. The molecule has 112 valence electrons. The van der Waals surface area contributed by atoms with Gasteiger partial charge in [-0.2, -0.15) is 0 Å². The zero-order valence-corrected chi connectivity index (χ0v) is 13.1. The molecular formula is C14H15ClN2O3S. The van der Waals surface area contributed by atoms with Crippen molar-refractivity contribution in [3.05, 3.63) is 53.3 Å². The zero-order valence-electron chi connectivity index (χ0n) is 11.6. The molecule has 0 saturated heterocycles. The summed E-state index contributed by atoms with van der Waals surface area (Å²) in [6, 6.07) is 9.20. The molecule has 0 aliphatic carbocycles. The normalized spacial score (nSPS) is 12.9. The number of rotatable bonds is 5. The van der Waals surface area contributed by atoms with E-state index in [9.17, 15) is 8.42 Å². The maximum atomic E-state index is 12.3. The SMILES string of the molecule is COc1ccc(S(=O)(=O)N[C@H](C)c2ccccn2)cc1Cl. The second-order valence-electron chi connectivity index (χ2n) is 4.39. The van der Waals surface area contributed by atoms with Crippen LogP contribution in [0.25, 0.3) is 0 Å². The van der Waals surface area contributed by atoms with E-state index in [1.165, 1.54) is 25.3 Å². The van der Waals surface area contributed by atoms with Gasteiger partial charge in [-0.25, -0.2) is 13.1 Å². The summed E-state index contributed by atoms with van der Waals surface area (Å²) >= 11 is 5.96. The first kappa shape index (κ1) is 15.8. The first-order valence-corrected chi connectivity index (χ1v) is 8.07. The van der Waals surface area contributed by atoms with E-state index in [4.69, 9.17) is 16.3 Å². The van der Waals surface area contributed by atoms with Crippen molar-refractivity contribution in [1.82, 2.24) is 9.71 Å². The van der Waals surface area contributed by atoms with Gasteiger partial charge in [0.15, 0.2) is 0 Å². The smallest absolute Gasteiger partial charge is 0.241 e. The van der Waals surface area contributed by atoms with Crippen LogP contribution in [-0.4, -0.2) is 20.5 Å². The Labute approximate surface area is 129 Å². The van der Waals surface area contributed by atoms with Crippen LogP contribution in [0.15, 0.2) is 47.5 Å². The van der Waals surface area contributed by atoms with Gasteiger partial charge in [0.2, 0.25) is 10.0 Å². The summed E-state index contributed by atoms with van der Waals surface area (Å²) in [5.41, 5.74) is 0.640. The second kappa shape index (κ2) is 6.43. The van der Waals surface area contributed by atoms with Crippen LogP contribution in [0.4, 0.5) is 0 Å². The molecular weight excluding hydrogens is 312 g/mol. The molecule has 0 unspecified atom stereocenters. The van der Waals surface area contributed by atoms with Crippen molar-refractivity contribution < 1.29 is 13.2 Å². The van der Waals surface area contributed by atoms with Crippen molar-refractivity contribution in [1.29, 1.82) is 0 Å². The Bertz CT molecular complexity index is 720. The number of halogens is 1. The van der Waals surface area contributed by atoms with Crippen molar-refractivity contribution in [3.8, 4) is 5.75 Å². The van der Waals surface area contributed by atoms with Crippen LogP contribution in [0.3, 0.4) is 0 Å². The van der Waals surface area contributed by atoms with E-state index >= 15 is 0 Å². The molecule has 5 nitrogen and oxygen atoms in total. The molecule has 0 spiro atoms. The fourth-order valence-electron chi connectivity index (χ4n) is 1.81. The summed E-state index contributed by atoms with van der Waals surface area (Å²) in [6.45, 7) is 1.73. The average molecular weight is 327 g/mol. The minimum absolute atomic E-state index is 0.0797. The number of benzene rings is 1. The largest absolute Gasteiger partial charge is 0.495 e. The van der Waals surface area contributed by atoms with E-state index in [0.717, 1.165) is 0 Å². The fourth-order valence-corrected chi connectivity index (χ4v) is 3.37. The van der Waals surface area contributed by atoms with E-state index < -0.39 is 16.1 Å². The number of nitrogens with one attached hydrogen (secondary N) is 1. The van der Waals surface area contributed by atoms with E-state index in [-0.39, 0.29) is 9.92 Å². The summed E-state index contributed by atoms with van der Waals surface area (Å²) in [4.78, 5) is 4.21. The monoisotopic (exact) mass is 326 g/mol. The van der Waals surface area contributed by atoms with Gasteiger partial charge in [-0.15, -0.1) is 0 Å². The minimum atomic E-state index is -3.69.